The van der Waals surface area contributed by atoms with Crippen molar-refractivity contribution in [2.45, 2.75) is 38.5 Å². The van der Waals surface area contributed by atoms with Gasteiger partial charge < -0.3 is 34.7 Å². The number of aliphatic carboxylic acids is 1. The van der Waals surface area contributed by atoms with Crippen LogP contribution in [0.25, 0.3) is 10.9 Å². The van der Waals surface area contributed by atoms with Crippen molar-refractivity contribution < 1.29 is 61.3 Å². The number of benzene rings is 3. The van der Waals surface area contributed by atoms with Crippen molar-refractivity contribution in [3.8, 4) is 23.0 Å². The Kier molecular flexibility index (Phi) is 11.2. The summed E-state index contributed by atoms with van der Waals surface area (Å²) < 4.78 is 45.6. The van der Waals surface area contributed by atoms with Crippen LogP contribution in [0, 0.1) is 17.0 Å². The molecular formula is C33H30F2LiN3O7. The molecule has 2 amide bonds. The average Bonchev–Trinajstić information content (AvgIpc) is 3.83. The van der Waals surface area contributed by atoms with Gasteiger partial charge in [0.15, 0.2) is 23.1 Å². The molecule has 13 heteroatoms. The fraction of sp³-hybridized carbons (Fsp3) is 0.273. The first-order valence-electron chi connectivity index (χ1n) is 14.3. The Bertz CT molecular complexity index is 1730. The van der Waals surface area contributed by atoms with Gasteiger partial charge in [0.1, 0.15) is 17.0 Å². The number of fused-ring (bicyclic) bond motifs is 1. The van der Waals surface area contributed by atoms with Crippen molar-refractivity contribution in [3.05, 3.63) is 78.5 Å². The van der Waals surface area contributed by atoms with Gasteiger partial charge >= 0.3 is 18.9 Å². The molecular weight excluding hydrogens is 595 g/mol. The van der Waals surface area contributed by atoms with Crippen LogP contribution in [0.4, 0.5) is 20.2 Å². The molecule has 46 heavy (non-hydrogen) atoms. The third-order valence-electron chi connectivity index (χ3n) is 7.40. The summed E-state index contributed by atoms with van der Waals surface area (Å²) in [6.45, 7) is 0.346. The Morgan fingerprint density at radius 1 is 0.848 bits per heavy atom. The number of ether oxygens (including phenoxy) is 3. The topological polar surface area (TPSA) is 139 Å². The summed E-state index contributed by atoms with van der Waals surface area (Å²) in [7, 11) is 1.48. The van der Waals surface area contributed by atoms with Gasteiger partial charge in [-0.1, -0.05) is 0 Å². The Labute approximate surface area is 275 Å². The summed E-state index contributed by atoms with van der Waals surface area (Å²) in [5.74, 6) is -2.31. The molecule has 0 bridgehead atoms. The van der Waals surface area contributed by atoms with Gasteiger partial charge in [-0.2, -0.15) is 0 Å². The molecule has 1 saturated carbocycles. The molecule has 1 aliphatic rings. The van der Waals surface area contributed by atoms with Crippen LogP contribution in [-0.2, 0) is 14.4 Å². The first-order chi connectivity index (χ1) is 21.7. The van der Waals surface area contributed by atoms with E-state index in [4.69, 9.17) is 14.2 Å². The van der Waals surface area contributed by atoms with Crippen LogP contribution in [0.15, 0.2) is 66.9 Å². The Morgan fingerprint density at radius 2 is 1.54 bits per heavy atom. The third kappa shape index (κ3) is 8.13. The summed E-state index contributed by atoms with van der Waals surface area (Å²) >= 11 is 0. The normalized spacial score (nSPS) is 12.8. The molecule has 1 fully saturated rings. The monoisotopic (exact) mass is 625 g/mol. The number of unbranched alkanes of at least 4 members (excludes halogenated alkanes) is 2. The standard InChI is InChI=1S/C33H31F2N3O7.Li/c1-43-28-18-23-25(19-29(28)44-16-4-2-3-5-30(39)40)36-15-12-26(23)45-27-11-10-22(17-24(27)35)38-32(42)33(13-14-33)31(41)37-21-8-6-20(34)7-9-21;/h6-12,15,17-19H,2-5,13-14,16H2,1H3,(H,37,41)(H,38,42)(H,39,40);/q;+1/p-1. The Balaban J connectivity index is 0.00000480. The summed E-state index contributed by atoms with van der Waals surface area (Å²) in [6.07, 6.45) is 3.98. The molecule has 1 heterocycles. The minimum Gasteiger partial charge on any atom is -0.550 e. The van der Waals surface area contributed by atoms with E-state index >= 15 is 4.39 Å². The van der Waals surface area contributed by atoms with Crippen LogP contribution >= 0.6 is 0 Å². The van der Waals surface area contributed by atoms with Gasteiger partial charge in [-0.3, -0.25) is 14.6 Å². The summed E-state index contributed by atoms with van der Waals surface area (Å²) in [5.41, 5.74) is -0.275. The number of nitrogens with zero attached hydrogens (tertiary/aromatic N) is 1. The second-order valence-electron chi connectivity index (χ2n) is 10.6. The van der Waals surface area contributed by atoms with Crippen molar-refractivity contribution in [2.75, 3.05) is 24.4 Å². The van der Waals surface area contributed by atoms with E-state index in [2.05, 4.69) is 15.6 Å². The van der Waals surface area contributed by atoms with E-state index in [9.17, 15) is 23.9 Å². The van der Waals surface area contributed by atoms with Gasteiger partial charge in [0.2, 0.25) is 11.8 Å². The van der Waals surface area contributed by atoms with Crippen molar-refractivity contribution in [1.29, 1.82) is 0 Å². The molecule has 234 valence electrons. The molecule has 0 atom stereocenters. The van der Waals surface area contributed by atoms with E-state index in [1.165, 1.54) is 49.7 Å². The fourth-order valence-corrected chi connectivity index (χ4v) is 4.72. The molecule has 3 aromatic carbocycles. The number of carbonyl (C=O) groups is 3. The number of amides is 2. The van der Waals surface area contributed by atoms with Crippen molar-refractivity contribution in [3.63, 3.8) is 0 Å². The number of anilines is 2. The molecule has 0 saturated heterocycles. The van der Waals surface area contributed by atoms with Crippen LogP contribution in [0.3, 0.4) is 0 Å². The fourth-order valence-electron chi connectivity index (χ4n) is 4.72. The molecule has 0 unspecified atom stereocenters. The van der Waals surface area contributed by atoms with E-state index in [1.54, 1.807) is 18.2 Å². The van der Waals surface area contributed by atoms with Crippen LogP contribution in [0.2, 0.25) is 0 Å². The van der Waals surface area contributed by atoms with Gasteiger partial charge in [0.25, 0.3) is 0 Å². The van der Waals surface area contributed by atoms with Gasteiger partial charge in [-0.15, -0.1) is 0 Å². The number of hydrogen-bond acceptors (Lipinski definition) is 8. The summed E-state index contributed by atoms with van der Waals surface area (Å²) in [5, 5.41) is 16.3. The number of carbonyl (C=O) groups excluding carboxylic acids is 3. The molecule has 1 aromatic heterocycles. The molecule has 5 rings (SSSR count). The van der Waals surface area contributed by atoms with E-state index in [0.29, 0.717) is 72.5 Å². The van der Waals surface area contributed by atoms with Gasteiger partial charge in [0.05, 0.1) is 19.2 Å². The number of halogens is 2. The predicted octanol–water partition coefficient (Wildman–Crippen LogP) is 2.36. The molecule has 2 N–H and O–H groups in total. The van der Waals surface area contributed by atoms with Crippen molar-refractivity contribution >= 4 is 40.1 Å². The first-order valence-corrected chi connectivity index (χ1v) is 14.3. The number of nitrogens with one attached hydrogen (secondary N) is 2. The van der Waals surface area contributed by atoms with E-state index in [-0.39, 0.29) is 36.7 Å². The number of aromatic nitrogens is 1. The molecule has 1 aliphatic carbocycles. The van der Waals surface area contributed by atoms with E-state index < -0.39 is 34.8 Å². The van der Waals surface area contributed by atoms with Crippen LogP contribution in [-0.4, -0.2) is 36.5 Å². The molecule has 0 aliphatic heterocycles. The predicted molar refractivity (Wildman–Crippen MR) is 159 cm³/mol. The zero-order chi connectivity index (χ0) is 32.0. The smallest absolute Gasteiger partial charge is 0.550 e. The SMILES string of the molecule is COc1cc2c(Oc3ccc(NC(=O)C4(C(=O)Nc5ccc(F)cc5)CC4)cc3F)ccnc2cc1OCCCCCC(=O)[O-].[Li+]. The molecule has 0 spiro atoms. The van der Waals surface area contributed by atoms with Gasteiger partial charge in [-0.25, -0.2) is 8.78 Å². The maximum absolute atomic E-state index is 15.2. The van der Waals surface area contributed by atoms with Crippen LogP contribution < -0.4 is 48.8 Å². The minimum absolute atomic E-state index is 0. The second kappa shape index (κ2) is 15.1. The van der Waals surface area contributed by atoms with Gasteiger partial charge in [-0.05, 0) is 87.1 Å². The zero-order valence-corrected chi connectivity index (χ0v) is 25.4. The number of methoxy groups -OCH3 is 1. The Morgan fingerprint density at radius 3 is 2.20 bits per heavy atom. The minimum atomic E-state index is -1.30. The van der Waals surface area contributed by atoms with Crippen LogP contribution in [0.5, 0.6) is 23.0 Å². The zero-order valence-electron chi connectivity index (χ0n) is 25.4. The summed E-state index contributed by atoms with van der Waals surface area (Å²) in [4.78, 5) is 40.7. The maximum atomic E-state index is 15.2. The Hall–Kier alpha value is -4.66. The maximum Gasteiger partial charge on any atom is 1.00 e. The van der Waals surface area contributed by atoms with E-state index in [1.807, 2.05) is 0 Å². The third-order valence-corrected chi connectivity index (χ3v) is 7.40. The van der Waals surface area contributed by atoms with Gasteiger partial charge in [0, 0.05) is 41.1 Å². The average molecular weight is 626 g/mol. The van der Waals surface area contributed by atoms with E-state index in [0.717, 1.165) is 6.07 Å². The number of rotatable bonds is 14. The molecule has 4 aromatic rings. The van der Waals surface area contributed by atoms with Crippen molar-refractivity contribution in [1.82, 2.24) is 4.98 Å². The van der Waals surface area contributed by atoms with Crippen LogP contribution in [0.1, 0.15) is 38.5 Å². The molecule has 0 radical (unpaired) electrons. The van der Waals surface area contributed by atoms with Crippen molar-refractivity contribution in [2.24, 2.45) is 5.41 Å². The number of carboxylic acid groups (broad SMARTS) is 1. The molecule has 10 nitrogen and oxygen atoms in total. The first kappa shape index (κ1) is 34.2. The number of hydrogen-bond donors (Lipinski definition) is 2. The number of pyridine rings is 1. The number of carboxylic acids is 1. The largest absolute Gasteiger partial charge is 1.00 e. The summed E-state index contributed by atoms with van der Waals surface area (Å²) in [6, 6.07) is 14.1. The second-order valence-corrected chi connectivity index (χ2v) is 10.6. The quantitative estimate of drug-likeness (QED) is 0.124.